The second kappa shape index (κ2) is 6.37. The Bertz CT molecular complexity index is 373. The topological polar surface area (TPSA) is 67.6 Å². The van der Waals surface area contributed by atoms with Crippen LogP contribution in [0, 0.1) is 5.41 Å². The molecule has 2 rings (SSSR count). The third-order valence-corrected chi connectivity index (χ3v) is 5.07. The SMILES string of the molecule is CC1CCCC(C)N1NC(=O)C1(C(N)=S)CCOCC1. The Labute approximate surface area is 126 Å². The van der Waals surface area contributed by atoms with Crippen molar-refractivity contribution in [1.29, 1.82) is 0 Å². The summed E-state index contributed by atoms with van der Waals surface area (Å²) in [6.45, 7) is 5.37. The van der Waals surface area contributed by atoms with E-state index >= 15 is 0 Å². The van der Waals surface area contributed by atoms with Gasteiger partial charge in [-0.2, -0.15) is 0 Å². The van der Waals surface area contributed by atoms with Gasteiger partial charge in [-0.3, -0.25) is 10.2 Å². The van der Waals surface area contributed by atoms with Crippen molar-refractivity contribution in [2.45, 2.75) is 58.0 Å². The molecule has 20 heavy (non-hydrogen) atoms. The summed E-state index contributed by atoms with van der Waals surface area (Å²) in [5.41, 5.74) is 8.21. The molecule has 2 unspecified atom stereocenters. The number of piperidine rings is 1. The van der Waals surface area contributed by atoms with Gasteiger partial charge in [0.2, 0.25) is 5.91 Å². The molecule has 0 aromatic rings. The number of thiocarbonyl (C=S) groups is 1. The summed E-state index contributed by atoms with van der Waals surface area (Å²) in [4.78, 5) is 13.0. The van der Waals surface area contributed by atoms with Crippen LogP contribution < -0.4 is 11.2 Å². The zero-order chi connectivity index (χ0) is 14.8. The molecule has 2 atom stereocenters. The molecular weight excluding hydrogens is 274 g/mol. The molecule has 2 saturated heterocycles. The van der Waals surface area contributed by atoms with Crippen molar-refractivity contribution in [2.24, 2.45) is 11.1 Å². The van der Waals surface area contributed by atoms with E-state index < -0.39 is 5.41 Å². The maximum absolute atomic E-state index is 12.7. The Morgan fingerprint density at radius 2 is 1.85 bits per heavy atom. The summed E-state index contributed by atoms with van der Waals surface area (Å²) in [5, 5.41) is 2.07. The molecule has 114 valence electrons. The monoisotopic (exact) mass is 299 g/mol. The van der Waals surface area contributed by atoms with Crippen LogP contribution in [0.25, 0.3) is 0 Å². The van der Waals surface area contributed by atoms with Crippen molar-refractivity contribution in [2.75, 3.05) is 13.2 Å². The lowest BCUT2D eigenvalue weighted by Crippen LogP contribution is -2.60. The molecule has 3 N–H and O–H groups in total. The number of carbonyl (C=O) groups excluding carboxylic acids is 1. The minimum absolute atomic E-state index is 0.0612. The van der Waals surface area contributed by atoms with Crippen molar-refractivity contribution >= 4 is 23.1 Å². The third kappa shape index (κ3) is 2.97. The molecule has 0 saturated carbocycles. The first-order valence-electron chi connectivity index (χ1n) is 7.44. The first-order valence-corrected chi connectivity index (χ1v) is 7.85. The van der Waals surface area contributed by atoms with Gasteiger partial charge < -0.3 is 10.5 Å². The van der Waals surface area contributed by atoms with E-state index in [2.05, 4.69) is 24.3 Å². The molecule has 6 heteroatoms. The Morgan fingerprint density at radius 3 is 2.35 bits per heavy atom. The van der Waals surface area contributed by atoms with Crippen LogP contribution in [-0.4, -0.2) is 41.2 Å². The number of nitrogens with zero attached hydrogens (tertiary/aromatic N) is 1. The number of rotatable bonds is 3. The third-order valence-electron chi connectivity index (χ3n) is 4.68. The van der Waals surface area contributed by atoms with Crippen molar-refractivity contribution in [3.8, 4) is 0 Å². The van der Waals surface area contributed by atoms with E-state index in [0.29, 0.717) is 38.1 Å². The van der Waals surface area contributed by atoms with Crippen LogP contribution in [0.4, 0.5) is 0 Å². The predicted molar refractivity (Wildman–Crippen MR) is 82.0 cm³/mol. The summed E-state index contributed by atoms with van der Waals surface area (Å²) in [5.74, 6) is -0.0612. The van der Waals surface area contributed by atoms with Gasteiger partial charge in [0.1, 0.15) is 5.41 Å². The Balaban J connectivity index is 2.10. The van der Waals surface area contributed by atoms with Crippen molar-refractivity contribution in [3.63, 3.8) is 0 Å². The average molecular weight is 299 g/mol. The van der Waals surface area contributed by atoms with E-state index in [-0.39, 0.29) is 10.9 Å². The van der Waals surface area contributed by atoms with Gasteiger partial charge in [0.15, 0.2) is 0 Å². The standard InChI is InChI=1S/C14H25N3O2S/c1-10-4-3-5-11(2)17(10)16-13(18)14(12(15)20)6-8-19-9-7-14/h10-11H,3-9H2,1-2H3,(H2,15,20)(H,16,18). The number of hydrogen-bond donors (Lipinski definition) is 2. The summed E-state index contributed by atoms with van der Waals surface area (Å²) in [7, 11) is 0. The minimum Gasteiger partial charge on any atom is -0.392 e. The summed E-state index contributed by atoms with van der Waals surface area (Å²) in [6, 6.07) is 0.705. The smallest absolute Gasteiger partial charge is 0.247 e. The molecule has 0 spiro atoms. The molecule has 2 aliphatic heterocycles. The Hall–Kier alpha value is -0.720. The van der Waals surface area contributed by atoms with E-state index in [1.165, 1.54) is 6.42 Å². The van der Waals surface area contributed by atoms with Crippen molar-refractivity contribution in [1.82, 2.24) is 10.4 Å². The van der Waals surface area contributed by atoms with E-state index in [9.17, 15) is 4.79 Å². The molecule has 0 aliphatic carbocycles. The van der Waals surface area contributed by atoms with Gasteiger partial charge in [0.25, 0.3) is 0 Å². The summed E-state index contributed by atoms with van der Waals surface area (Å²) in [6.07, 6.45) is 4.57. The number of nitrogens with one attached hydrogen (secondary N) is 1. The molecular formula is C14H25N3O2S. The number of carbonyl (C=O) groups is 1. The van der Waals surface area contributed by atoms with Gasteiger partial charge in [-0.05, 0) is 39.5 Å². The number of amides is 1. The Morgan fingerprint density at radius 1 is 1.30 bits per heavy atom. The number of nitrogens with two attached hydrogens (primary N) is 1. The molecule has 0 aromatic heterocycles. The van der Waals surface area contributed by atoms with E-state index in [0.717, 1.165) is 12.8 Å². The molecule has 0 aromatic carbocycles. The fourth-order valence-electron chi connectivity index (χ4n) is 3.17. The maximum Gasteiger partial charge on any atom is 0.247 e. The van der Waals surface area contributed by atoms with Crippen LogP contribution in [-0.2, 0) is 9.53 Å². The zero-order valence-corrected chi connectivity index (χ0v) is 13.2. The van der Waals surface area contributed by atoms with E-state index in [4.69, 9.17) is 22.7 Å². The highest BCUT2D eigenvalue weighted by atomic mass is 32.1. The van der Waals surface area contributed by atoms with Gasteiger partial charge >= 0.3 is 0 Å². The molecule has 0 radical (unpaired) electrons. The van der Waals surface area contributed by atoms with Crippen LogP contribution in [0.1, 0.15) is 46.0 Å². The lowest BCUT2D eigenvalue weighted by molar-refractivity contribution is -0.140. The van der Waals surface area contributed by atoms with Crippen LogP contribution >= 0.6 is 12.2 Å². The van der Waals surface area contributed by atoms with Crippen molar-refractivity contribution < 1.29 is 9.53 Å². The summed E-state index contributed by atoms with van der Waals surface area (Å²) < 4.78 is 5.35. The second-order valence-corrected chi connectivity index (χ2v) is 6.48. The van der Waals surface area contributed by atoms with Crippen LogP contribution in [0.2, 0.25) is 0 Å². The average Bonchev–Trinajstić information content (AvgIpc) is 2.43. The van der Waals surface area contributed by atoms with Crippen LogP contribution in [0.5, 0.6) is 0 Å². The highest BCUT2D eigenvalue weighted by Crippen LogP contribution is 2.32. The van der Waals surface area contributed by atoms with E-state index in [1.807, 2.05) is 0 Å². The predicted octanol–water partition coefficient (Wildman–Crippen LogP) is 1.36. The minimum atomic E-state index is -0.746. The first kappa shape index (κ1) is 15.7. The number of hydrogen-bond acceptors (Lipinski definition) is 4. The van der Waals surface area contributed by atoms with Gasteiger partial charge in [0.05, 0.1) is 4.99 Å². The Kier molecular flexibility index (Phi) is 4.99. The number of ether oxygens (including phenoxy) is 1. The lowest BCUT2D eigenvalue weighted by atomic mass is 9.79. The van der Waals surface area contributed by atoms with E-state index in [1.54, 1.807) is 0 Å². The fraction of sp³-hybridized carbons (Fsp3) is 0.857. The molecule has 2 fully saturated rings. The van der Waals surface area contributed by atoms with Crippen molar-refractivity contribution in [3.05, 3.63) is 0 Å². The van der Waals surface area contributed by atoms with Crippen LogP contribution in [0.3, 0.4) is 0 Å². The fourth-order valence-corrected chi connectivity index (χ4v) is 3.47. The first-order chi connectivity index (χ1) is 9.47. The maximum atomic E-state index is 12.7. The number of hydrazine groups is 1. The molecule has 2 aliphatic rings. The van der Waals surface area contributed by atoms with Gasteiger partial charge in [-0.25, -0.2) is 5.01 Å². The molecule has 1 amide bonds. The largest absolute Gasteiger partial charge is 0.392 e. The molecule has 5 nitrogen and oxygen atoms in total. The summed E-state index contributed by atoms with van der Waals surface area (Å²) >= 11 is 5.17. The quantitative estimate of drug-likeness (QED) is 0.770. The van der Waals surface area contributed by atoms with Gasteiger partial charge in [-0.1, -0.05) is 18.6 Å². The second-order valence-electron chi connectivity index (χ2n) is 6.04. The molecule has 0 bridgehead atoms. The van der Waals surface area contributed by atoms with Gasteiger partial charge in [0, 0.05) is 25.3 Å². The highest BCUT2D eigenvalue weighted by Gasteiger charge is 2.44. The lowest BCUT2D eigenvalue weighted by Gasteiger charge is -2.42. The highest BCUT2D eigenvalue weighted by molar-refractivity contribution is 7.80. The molecule has 2 heterocycles. The van der Waals surface area contributed by atoms with Gasteiger partial charge in [-0.15, -0.1) is 0 Å². The van der Waals surface area contributed by atoms with Crippen LogP contribution in [0.15, 0.2) is 0 Å². The normalized spacial score (nSPS) is 30.7. The zero-order valence-electron chi connectivity index (χ0n) is 12.4.